The molecule has 0 bridgehead atoms. The van der Waals surface area contributed by atoms with Crippen LogP contribution in [-0.4, -0.2) is 32.3 Å². The van der Waals surface area contributed by atoms with Crippen molar-refractivity contribution in [2.45, 2.75) is 46.2 Å². The number of H-pyrrole nitrogens is 1. The van der Waals surface area contributed by atoms with Crippen molar-refractivity contribution in [1.82, 2.24) is 19.1 Å². The fourth-order valence-corrected chi connectivity index (χ4v) is 3.54. The lowest BCUT2D eigenvalue weighted by atomic mass is 10.1. The zero-order valence-electron chi connectivity index (χ0n) is 16.2. The summed E-state index contributed by atoms with van der Waals surface area (Å²) in [5.74, 6) is 2.02. The van der Waals surface area contributed by atoms with E-state index >= 15 is 0 Å². The van der Waals surface area contributed by atoms with Gasteiger partial charge in [-0.1, -0.05) is 20.3 Å². The first-order chi connectivity index (χ1) is 13.6. The molecular weight excluding hydrogens is 360 g/mol. The van der Waals surface area contributed by atoms with Crippen molar-refractivity contribution in [2.75, 3.05) is 13.2 Å². The average molecular weight is 384 g/mol. The lowest BCUT2D eigenvalue weighted by molar-refractivity contribution is 0.171. The molecule has 0 aliphatic carbocycles. The number of nitrogens with one attached hydrogen (secondary N) is 1. The molecule has 0 spiro atoms. The Bertz CT molecular complexity index is 1130. The normalized spacial score (nSPS) is 13.2. The molecule has 148 valence electrons. The molecular formula is C20H24N4O4. The smallest absolute Gasteiger partial charge is 0.330 e. The van der Waals surface area contributed by atoms with E-state index in [9.17, 15) is 9.59 Å². The summed E-state index contributed by atoms with van der Waals surface area (Å²) in [5, 5.41) is 0. The topological polar surface area (TPSA) is 91.1 Å². The Hall–Kier alpha value is -3.03. The van der Waals surface area contributed by atoms with Crippen LogP contribution in [0.4, 0.5) is 0 Å². The highest BCUT2D eigenvalue weighted by Crippen LogP contribution is 2.35. The third-order valence-electron chi connectivity index (χ3n) is 4.87. The molecule has 0 atom stereocenters. The first-order valence-corrected chi connectivity index (χ1v) is 9.77. The second-order valence-electron chi connectivity index (χ2n) is 6.88. The minimum Gasteiger partial charge on any atom is -0.486 e. The van der Waals surface area contributed by atoms with E-state index in [1.807, 2.05) is 29.7 Å². The molecule has 0 fully saturated rings. The fraction of sp³-hybridized carbons (Fsp3) is 0.450. The molecule has 0 radical (unpaired) electrons. The monoisotopic (exact) mass is 384 g/mol. The summed E-state index contributed by atoms with van der Waals surface area (Å²) < 4.78 is 14.8. The van der Waals surface area contributed by atoms with E-state index in [2.05, 4.69) is 11.9 Å². The third-order valence-corrected chi connectivity index (χ3v) is 4.87. The Morgan fingerprint density at radius 2 is 1.82 bits per heavy atom. The van der Waals surface area contributed by atoms with E-state index in [0.29, 0.717) is 54.8 Å². The number of aryl methyl sites for hydroxylation is 2. The number of fused-ring (bicyclic) bond motifs is 2. The number of rotatable bonds is 6. The highest BCUT2D eigenvalue weighted by atomic mass is 16.6. The number of imidazole rings is 1. The number of ether oxygens (including phenoxy) is 2. The minimum absolute atomic E-state index is 0.403. The number of nitrogens with zero attached hydrogens (tertiary/aromatic N) is 3. The maximum Gasteiger partial charge on any atom is 0.330 e. The van der Waals surface area contributed by atoms with E-state index in [1.165, 1.54) is 0 Å². The minimum atomic E-state index is -0.423. The molecule has 3 heterocycles. The summed E-state index contributed by atoms with van der Waals surface area (Å²) in [5.41, 5.74) is 0.863. The number of hydrogen-bond acceptors (Lipinski definition) is 5. The van der Waals surface area contributed by atoms with Crippen LogP contribution in [0.15, 0.2) is 27.8 Å². The van der Waals surface area contributed by atoms with Crippen molar-refractivity contribution in [3.05, 3.63) is 39.0 Å². The predicted octanol–water partition coefficient (Wildman–Crippen LogP) is 2.53. The summed E-state index contributed by atoms with van der Waals surface area (Å²) in [7, 11) is 0. The first-order valence-electron chi connectivity index (χ1n) is 9.77. The number of benzene rings is 1. The number of hydrogen-bond donors (Lipinski definition) is 1. The zero-order chi connectivity index (χ0) is 19.7. The van der Waals surface area contributed by atoms with Crippen molar-refractivity contribution in [3.8, 4) is 22.9 Å². The van der Waals surface area contributed by atoms with Gasteiger partial charge in [-0.05, 0) is 31.0 Å². The maximum atomic E-state index is 12.6. The van der Waals surface area contributed by atoms with Gasteiger partial charge in [-0.25, -0.2) is 9.78 Å². The van der Waals surface area contributed by atoms with E-state index < -0.39 is 11.2 Å². The molecule has 0 saturated carbocycles. The Kier molecular flexibility index (Phi) is 4.93. The Morgan fingerprint density at radius 3 is 2.57 bits per heavy atom. The average Bonchev–Trinajstić information content (AvgIpc) is 3.09. The van der Waals surface area contributed by atoms with Crippen molar-refractivity contribution >= 4 is 11.2 Å². The van der Waals surface area contributed by atoms with E-state index in [4.69, 9.17) is 14.5 Å². The second kappa shape index (κ2) is 7.53. The van der Waals surface area contributed by atoms with E-state index in [-0.39, 0.29) is 0 Å². The van der Waals surface area contributed by atoms with Crippen LogP contribution in [0.25, 0.3) is 22.6 Å². The summed E-state index contributed by atoms with van der Waals surface area (Å²) in [6, 6.07) is 5.65. The lowest BCUT2D eigenvalue weighted by Crippen LogP contribution is -2.31. The summed E-state index contributed by atoms with van der Waals surface area (Å²) in [6.07, 6.45) is 2.64. The van der Waals surface area contributed by atoms with Crippen LogP contribution < -0.4 is 20.7 Å². The summed E-state index contributed by atoms with van der Waals surface area (Å²) >= 11 is 0. The molecule has 8 heteroatoms. The number of unbranched alkanes of at least 4 members (excludes halogenated alkanes) is 1. The number of aromatic amines is 1. The second-order valence-corrected chi connectivity index (χ2v) is 6.88. The molecule has 3 aromatic rings. The molecule has 0 amide bonds. The van der Waals surface area contributed by atoms with Gasteiger partial charge in [-0.15, -0.1) is 0 Å². The van der Waals surface area contributed by atoms with Crippen molar-refractivity contribution in [1.29, 1.82) is 0 Å². The van der Waals surface area contributed by atoms with Crippen molar-refractivity contribution in [3.63, 3.8) is 0 Å². The maximum absolute atomic E-state index is 12.6. The zero-order valence-corrected chi connectivity index (χ0v) is 16.2. The molecule has 28 heavy (non-hydrogen) atoms. The van der Waals surface area contributed by atoms with Crippen LogP contribution in [0.1, 0.15) is 33.1 Å². The lowest BCUT2D eigenvalue weighted by Gasteiger charge is -2.19. The molecule has 2 aromatic heterocycles. The fourth-order valence-electron chi connectivity index (χ4n) is 3.54. The summed E-state index contributed by atoms with van der Waals surface area (Å²) in [4.78, 5) is 32.2. The van der Waals surface area contributed by atoms with Crippen LogP contribution in [0.3, 0.4) is 0 Å². The molecule has 1 aromatic carbocycles. The largest absolute Gasteiger partial charge is 0.486 e. The van der Waals surface area contributed by atoms with Crippen LogP contribution in [0.2, 0.25) is 0 Å². The third kappa shape index (κ3) is 3.08. The molecule has 0 saturated heterocycles. The van der Waals surface area contributed by atoms with Crippen LogP contribution in [-0.2, 0) is 13.1 Å². The van der Waals surface area contributed by atoms with Gasteiger partial charge in [0, 0.05) is 18.7 Å². The predicted molar refractivity (Wildman–Crippen MR) is 106 cm³/mol. The highest BCUT2D eigenvalue weighted by molar-refractivity contribution is 5.77. The Balaban J connectivity index is 1.97. The molecule has 1 aliphatic rings. The molecule has 1 N–H and O–H groups in total. The van der Waals surface area contributed by atoms with Gasteiger partial charge in [-0.3, -0.25) is 14.3 Å². The van der Waals surface area contributed by atoms with E-state index in [0.717, 1.165) is 24.8 Å². The SMILES string of the molecule is CCCCn1c(-c2ccc3c(c2)OCCO3)nc2c1c(=O)[nH]c(=O)n2CCC. The molecule has 1 aliphatic heterocycles. The van der Waals surface area contributed by atoms with Gasteiger partial charge in [0.15, 0.2) is 22.7 Å². The van der Waals surface area contributed by atoms with Gasteiger partial charge in [-0.2, -0.15) is 0 Å². The highest BCUT2D eigenvalue weighted by Gasteiger charge is 2.21. The van der Waals surface area contributed by atoms with Gasteiger partial charge in [0.1, 0.15) is 19.0 Å². The standard InChI is InChI=1S/C20H24N4O4/c1-3-5-9-23-16-18(24(8-4-2)20(26)22-19(16)25)21-17(23)13-6-7-14-15(12-13)28-11-10-27-14/h6-7,12H,3-5,8-11H2,1-2H3,(H,22,25,26). The Labute approximate surface area is 161 Å². The van der Waals surface area contributed by atoms with Crippen LogP contribution in [0, 0.1) is 0 Å². The first kappa shape index (κ1) is 18.3. The van der Waals surface area contributed by atoms with Crippen LogP contribution >= 0.6 is 0 Å². The molecule has 8 nitrogen and oxygen atoms in total. The molecule has 4 rings (SSSR count). The number of aromatic nitrogens is 4. The van der Waals surface area contributed by atoms with Gasteiger partial charge in [0.05, 0.1) is 0 Å². The van der Waals surface area contributed by atoms with Gasteiger partial charge < -0.3 is 14.0 Å². The van der Waals surface area contributed by atoms with Gasteiger partial charge in [0.25, 0.3) is 5.56 Å². The Morgan fingerprint density at radius 1 is 1.04 bits per heavy atom. The van der Waals surface area contributed by atoms with Gasteiger partial charge in [0.2, 0.25) is 0 Å². The van der Waals surface area contributed by atoms with Crippen molar-refractivity contribution in [2.24, 2.45) is 0 Å². The quantitative estimate of drug-likeness (QED) is 0.705. The van der Waals surface area contributed by atoms with Crippen LogP contribution in [0.5, 0.6) is 11.5 Å². The van der Waals surface area contributed by atoms with E-state index in [1.54, 1.807) is 4.57 Å². The molecule has 0 unspecified atom stereocenters. The van der Waals surface area contributed by atoms with Gasteiger partial charge >= 0.3 is 5.69 Å². The summed E-state index contributed by atoms with van der Waals surface area (Å²) in [6.45, 7) is 6.25. The van der Waals surface area contributed by atoms with Crippen molar-refractivity contribution < 1.29 is 9.47 Å².